The minimum absolute atomic E-state index is 0.0906. The van der Waals surface area contributed by atoms with Crippen molar-refractivity contribution >= 4 is 17.5 Å². The summed E-state index contributed by atoms with van der Waals surface area (Å²) in [5.74, 6) is 0.0609. The van der Waals surface area contributed by atoms with E-state index < -0.39 is 0 Å². The number of piperidine rings is 1. The minimum Gasteiger partial charge on any atom is -0.458 e. The third kappa shape index (κ3) is 4.48. The summed E-state index contributed by atoms with van der Waals surface area (Å²) < 4.78 is 5.84. The predicted octanol–water partition coefficient (Wildman–Crippen LogP) is 3.69. The van der Waals surface area contributed by atoms with Crippen LogP contribution in [0.2, 0.25) is 5.02 Å². The Morgan fingerprint density at radius 3 is 2.72 bits per heavy atom. The molecule has 0 bridgehead atoms. The lowest BCUT2D eigenvalue weighted by molar-refractivity contribution is -0.135. The van der Waals surface area contributed by atoms with Gasteiger partial charge in [-0.05, 0) is 24.8 Å². The summed E-state index contributed by atoms with van der Waals surface area (Å²) in [7, 11) is 0. The lowest BCUT2D eigenvalue weighted by atomic mass is 9.94. The summed E-state index contributed by atoms with van der Waals surface area (Å²) in [6.45, 7) is 3.38. The van der Waals surface area contributed by atoms with E-state index >= 15 is 0 Å². The SMILES string of the molecule is CCC(C(=O)N1CCCC(Oc2ncc(Cl)cn2)C1)c1ccccc1. The Balaban J connectivity index is 1.65. The molecule has 1 amide bonds. The number of nitrogens with zero attached hydrogens (tertiary/aromatic N) is 3. The van der Waals surface area contributed by atoms with Gasteiger partial charge in [-0.3, -0.25) is 4.79 Å². The van der Waals surface area contributed by atoms with Crippen molar-refractivity contribution in [3.8, 4) is 6.01 Å². The van der Waals surface area contributed by atoms with Crippen LogP contribution in [0.4, 0.5) is 0 Å². The lowest BCUT2D eigenvalue weighted by Gasteiger charge is -2.34. The van der Waals surface area contributed by atoms with Crippen LogP contribution in [0.1, 0.15) is 37.7 Å². The van der Waals surface area contributed by atoms with Crippen molar-refractivity contribution in [2.45, 2.75) is 38.2 Å². The second-order valence-corrected chi connectivity index (χ2v) is 6.66. The number of ether oxygens (including phenoxy) is 1. The number of carbonyl (C=O) groups excluding carboxylic acids is 1. The van der Waals surface area contributed by atoms with E-state index in [4.69, 9.17) is 16.3 Å². The second kappa shape index (κ2) is 8.30. The Hall–Kier alpha value is -2.14. The zero-order chi connectivity index (χ0) is 17.6. The summed E-state index contributed by atoms with van der Waals surface area (Å²) >= 11 is 5.79. The largest absolute Gasteiger partial charge is 0.458 e. The van der Waals surface area contributed by atoms with Gasteiger partial charge in [0.25, 0.3) is 0 Å². The number of aromatic nitrogens is 2. The van der Waals surface area contributed by atoms with E-state index in [-0.39, 0.29) is 17.9 Å². The first-order valence-corrected chi connectivity index (χ1v) is 9.03. The van der Waals surface area contributed by atoms with Crippen molar-refractivity contribution in [1.29, 1.82) is 0 Å². The van der Waals surface area contributed by atoms with Gasteiger partial charge in [0.2, 0.25) is 5.91 Å². The fourth-order valence-electron chi connectivity index (χ4n) is 3.20. The molecule has 6 heteroatoms. The first kappa shape index (κ1) is 17.7. The number of hydrogen-bond donors (Lipinski definition) is 0. The van der Waals surface area contributed by atoms with E-state index in [1.165, 1.54) is 12.4 Å². The number of benzene rings is 1. The predicted molar refractivity (Wildman–Crippen MR) is 96.7 cm³/mol. The molecular formula is C19H22ClN3O2. The fraction of sp³-hybridized carbons (Fsp3) is 0.421. The van der Waals surface area contributed by atoms with Gasteiger partial charge in [-0.25, -0.2) is 9.97 Å². The van der Waals surface area contributed by atoms with Crippen LogP contribution >= 0.6 is 11.6 Å². The average molecular weight is 360 g/mol. The van der Waals surface area contributed by atoms with Gasteiger partial charge in [0.1, 0.15) is 6.10 Å². The van der Waals surface area contributed by atoms with Gasteiger partial charge < -0.3 is 9.64 Å². The molecule has 0 aliphatic carbocycles. The molecule has 0 N–H and O–H groups in total. The number of likely N-dealkylation sites (tertiary alicyclic amines) is 1. The molecular weight excluding hydrogens is 338 g/mol. The van der Waals surface area contributed by atoms with Gasteiger partial charge in [0.05, 0.1) is 29.9 Å². The smallest absolute Gasteiger partial charge is 0.316 e. The summed E-state index contributed by atoms with van der Waals surface area (Å²) in [5.41, 5.74) is 1.07. The Bertz CT molecular complexity index is 694. The van der Waals surface area contributed by atoms with Crippen LogP contribution in [0.3, 0.4) is 0 Å². The Kier molecular flexibility index (Phi) is 5.87. The van der Waals surface area contributed by atoms with E-state index in [2.05, 4.69) is 16.9 Å². The second-order valence-electron chi connectivity index (χ2n) is 6.22. The minimum atomic E-state index is -0.105. The van der Waals surface area contributed by atoms with Crippen LogP contribution in [-0.4, -0.2) is 40.0 Å². The fourth-order valence-corrected chi connectivity index (χ4v) is 3.30. The van der Waals surface area contributed by atoms with Crippen molar-refractivity contribution in [2.75, 3.05) is 13.1 Å². The molecule has 0 radical (unpaired) electrons. The van der Waals surface area contributed by atoms with Gasteiger partial charge >= 0.3 is 6.01 Å². The van der Waals surface area contributed by atoms with Gasteiger partial charge in [0, 0.05) is 6.54 Å². The average Bonchev–Trinajstić information content (AvgIpc) is 2.65. The number of amides is 1. The van der Waals surface area contributed by atoms with Crippen LogP contribution in [0.5, 0.6) is 6.01 Å². The monoisotopic (exact) mass is 359 g/mol. The van der Waals surface area contributed by atoms with Crippen LogP contribution in [0.25, 0.3) is 0 Å². The summed E-state index contributed by atoms with van der Waals surface area (Å²) in [4.78, 5) is 23.0. The molecule has 1 aliphatic heterocycles. The van der Waals surface area contributed by atoms with Crippen molar-refractivity contribution in [2.24, 2.45) is 0 Å². The normalized spacial score (nSPS) is 18.6. The summed E-state index contributed by atoms with van der Waals surface area (Å²) in [6, 6.07) is 10.3. The topological polar surface area (TPSA) is 55.3 Å². The molecule has 2 heterocycles. The summed E-state index contributed by atoms with van der Waals surface area (Å²) in [5, 5.41) is 0.474. The van der Waals surface area contributed by atoms with Gasteiger partial charge in [-0.2, -0.15) is 0 Å². The highest BCUT2D eigenvalue weighted by Crippen LogP contribution is 2.25. The molecule has 1 aliphatic rings. The van der Waals surface area contributed by atoms with Crippen molar-refractivity contribution < 1.29 is 9.53 Å². The van der Waals surface area contributed by atoms with E-state index in [1.807, 2.05) is 35.2 Å². The Morgan fingerprint density at radius 2 is 2.04 bits per heavy atom. The quantitative estimate of drug-likeness (QED) is 0.816. The van der Waals surface area contributed by atoms with Crippen molar-refractivity contribution in [1.82, 2.24) is 14.9 Å². The first-order valence-electron chi connectivity index (χ1n) is 8.65. The third-order valence-corrected chi connectivity index (χ3v) is 4.66. The molecule has 0 spiro atoms. The molecule has 0 saturated carbocycles. The highest BCUT2D eigenvalue weighted by molar-refractivity contribution is 6.30. The highest BCUT2D eigenvalue weighted by Gasteiger charge is 2.30. The molecule has 5 nitrogen and oxygen atoms in total. The van der Waals surface area contributed by atoms with Crippen LogP contribution in [0, 0.1) is 0 Å². The number of halogens is 1. The van der Waals surface area contributed by atoms with Gasteiger partial charge in [-0.15, -0.1) is 0 Å². The maximum Gasteiger partial charge on any atom is 0.316 e. The van der Waals surface area contributed by atoms with Gasteiger partial charge in [0.15, 0.2) is 0 Å². The summed E-state index contributed by atoms with van der Waals surface area (Å²) in [6.07, 6.45) is 5.52. The number of carbonyl (C=O) groups is 1. The van der Waals surface area contributed by atoms with E-state index in [0.29, 0.717) is 17.6 Å². The van der Waals surface area contributed by atoms with Crippen LogP contribution < -0.4 is 4.74 Å². The molecule has 2 unspecified atom stereocenters. The Morgan fingerprint density at radius 1 is 1.32 bits per heavy atom. The van der Waals surface area contributed by atoms with Crippen molar-refractivity contribution in [3.63, 3.8) is 0 Å². The molecule has 1 fully saturated rings. The lowest BCUT2D eigenvalue weighted by Crippen LogP contribution is -2.46. The molecule has 3 rings (SSSR count). The van der Waals surface area contributed by atoms with Crippen molar-refractivity contribution in [3.05, 3.63) is 53.3 Å². The molecule has 1 aromatic carbocycles. The van der Waals surface area contributed by atoms with Gasteiger partial charge in [-0.1, -0.05) is 48.9 Å². The van der Waals surface area contributed by atoms with E-state index in [1.54, 1.807) is 0 Å². The first-order chi connectivity index (χ1) is 12.2. The molecule has 132 valence electrons. The molecule has 25 heavy (non-hydrogen) atoms. The zero-order valence-electron chi connectivity index (χ0n) is 14.3. The Labute approximate surface area is 153 Å². The highest BCUT2D eigenvalue weighted by atomic mass is 35.5. The molecule has 1 saturated heterocycles. The number of rotatable bonds is 5. The molecule has 2 atom stereocenters. The maximum atomic E-state index is 13.0. The van der Waals surface area contributed by atoms with E-state index in [9.17, 15) is 4.79 Å². The van der Waals surface area contributed by atoms with Crippen LogP contribution in [0.15, 0.2) is 42.7 Å². The third-order valence-electron chi connectivity index (χ3n) is 4.47. The molecule has 1 aromatic heterocycles. The zero-order valence-corrected chi connectivity index (χ0v) is 15.0. The number of hydrogen-bond acceptors (Lipinski definition) is 4. The van der Waals surface area contributed by atoms with Crippen LogP contribution in [-0.2, 0) is 4.79 Å². The standard InChI is InChI=1S/C19H22ClN3O2/c1-2-17(14-7-4-3-5-8-14)18(24)23-10-6-9-16(13-23)25-19-21-11-15(20)12-22-19/h3-5,7-8,11-12,16-17H,2,6,9-10,13H2,1H3. The van der Waals surface area contributed by atoms with E-state index in [0.717, 1.165) is 31.4 Å². The molecule has 2 aromatic rings. The maximum absolute atomic E-state index is 13.0.